The summed E-state index contributed by atoms with van der Waals surface area (Å²) in [6, 6.07) is 25.9. The lowest BCUT2D eigenvalue weighted by atomic mass is 10.0. The lowest BCUT2D eigenvalue weighted by Crippen LogP contribution is -2.22. The number of carbonyl (C=O) groups is 1. The number of benzene rings is 3. The van der Waals surface area contributed by atoms with Crippen molar-refractivity contribution in [2.75, 3.05) is 0 Å². The molecule has 0 saturated heterocycles. The molecule has 33 heavy (non-hydrogen) atoms. The Hall–Kier alpha value is -3.91. The minimum Gasteiger partial charge on any atom is -0.478 e. The van der Waals surface area contributed by atoms with Crippen molar-refractivity contribution in [2.24, 2.45) is 7.05 Å². The summed E-state index contributed by atoms with van der Waals surface area (Å²) in [6.45, 7) is 0. The Morgan fingerprint density at radius 3 is 2.09 bits per heavy atom. The Kier molecular flexibility index (Phi) is 6.85. The van der Waals surface area contributed by atoms with E-state index in [1.165, 1.54) is 16.4 Å². The number of aryl methyl sites for hydroxylation is 1. The van der Waals surface area contributed by atoms with Crippen LogP contribution in [-0.2, 0) is 12.8 Å². The molecule has 4 rings (SSSR count). The highest BCUT2D eigenvalue weighted by Gasteiger charge is 2.20. The van der Waals surface area contributed by atoms with Gasteiger partial charge in [0.05, 0.1) is 5.56 Å². The molecular formula is C25H21N3O4S. The molecule has 4 aromatic rings. The SMILES string of the molecule is Cn1nc(OC(c2ccccc2)c2ccccc2)c(=O)nc1SCc1ccc(C(=O)O)cc1. The lowest BCUT2D eigenvalue weighted by Gasteiger charge is -2.19. The van der Waals surface area contributed by atoms with Crippen molar-refractivity contribution < 1.29 is 14.6 Å². The van der Waals surface area contributed by atoms with Gasteiger partial charge in [0, 0.05) is 12.8 Å². The second-order valence-electron chi connectivity index (χ2n) is 7.24. The van der Waals surface area contributed by atoms with Crippen LogP contribution in [0.25, 0.3) is 0 Å². The van der Waals surface area contributed by atoms with Gasteiger partial charge in [-0.1, -0.05) is 84.6 Å². The van der Waals surface area contributed by atoms with Crippen LogP contribution in [0.5, 0.6) is 5.88 Å². The summed E-state index contributed by atoms with van der Waals surface area (Å²) in [5, 5.41) is 13.8. The van der Waals surface area contributed by atoms with Crippen LogP contribution in [0.1, 0.15) is 33.2 Å². The zero-order chi connectivity index (χ0) is 23.2. The van der Waals surface area contributed by atoms with Gasteiger partial charge in [-0.2, -0.15) is 4.98 Å². The maximum absolute atomic E-state index is 12.7. The number of aromatic nitrogens is 3. The first-order valence-electron chi connectivity index (χ1n) is 10.2. The molecule has 1 aromatic heterocycles. The standard InChI is InChI=1S/C25H21N3O4S/c1-28-25(33-16-17-12-14-20(15-13-17)24(30)31)26-22(29)23(27-28)32-21(18-8-4-2-5-9-18)19-10-6-3-7-11-19/h2-15,21H,16H2,1H3,(H,30,31). The molecule has 0 aliphatic rings. The van der Waals surface area contributed by atoms with Gasteiger partial charge in [0.1, 0.15) is 0 Å². The van der Waals surface area contributed by atoms with E-state index >= 15 is 0 Å². The Balaban J connectivity index is 1.54. The van der Waals surface area contributed by atoms with E-state index in [0.29, 0.717) is 10.9 Å². The molecule has 0 saturated carbocycles. The third kappa shape index (κ3) is 5.48. The van der Waals surface area contributed by atoms with E-state index in [1.807, 2.05) is 60.7 Å². The molecule has 0 atom stereocenters. The van der Waals surface area contributed by atoms with Crippen LogP contribution in [0, 0.1) is 0 Å². The molecule has 0 aliphatic carbocycles. The number of nitrogens with zero attached hydrogens (tertiary/aromatic N) is 3. The molecule has 7 nitrogen and oxygen atoms in total. The monoisotopic (exact) mass is 459 g/mol. The summed E-state index contributed by atoms with van der Waals surface area (Å²) >= 11 is 1.34. The number of carboxylic acid groups (broad SMARTS) is 1. The molecule has 0 fully saturated rings. The third-order valence-corrected chi connectivity index (χ3v) is 5.99. The predicted molar refractivity (Wildman–Crippen MR) is 126 cm³/mol. The van der Waals surface area contributed by atoms with Crippen LogP contribution >= 0.6 is 11.8 Å². The van der Waals surface area contributed by atoms with Crippen molar-refractivity contribution in [3.8, 4) is 5.88 Å². The van der Waals surface area contributed by atoms with Crippen molar-refractivity contribution in [3.63, 3.8) is 0 Å². The van der Waals surface area contributed by atoms with E-state index in [0.717, 1.165) is 16.7 Å². The molecule has 3 aromatic carbocycles. The molecule has 0 spiro atoms. The summed E-state index contributed by atoms with van der Waals surface area (Å²) in [7, 11) is 1.70. The first kappa shape index (κ1) is 22.3. The molecular weight excluding hydrogens is 438 g/mol. The highest BCUT2D eigenvalue weighted by Crippen LogP contribution is 2.27. The molecule has 0 amide bonds. The van der Waals surface area contributed by atoms with Crippen molar-refractivity contribution in [2.45, 2.75) is 17.0 Å². The number of carboxylic acids is 1. The van der Waals surface area contributed by atoms with Gasteiger partial charge in [-0.25, -0.2) is 9.48 Å². The van der Waals surface area contributed by atoms with Crippen LogP contribution in [0.15, 0.2) is 94.9 Å². The summed E-state index contributed by atoms with van der Waals surface area (Å²) < 4.78 is 7.59. The molecule has 1 heterocycles. The largest absolute Gasteiger partial charge is 0.478 e. The predicted octanol–water partition coefficient (Wildman–Crippen LogP) is 4.33. The van der Waals surface area contributed by atoms with Gasteiger partial charge < -0.3 is 9.84 Å². The fourth-order valence-corrected chi connectivity index (χ4v) is 4.08. The van der Waals surface area contributed by atoms with Crippen molar-refractivity contribution >= 4 is 17.7 Å². The molecule has 0 radical (unpaired) electrons. The number of thioether (sulfide) groups is 1. The zero-order valence-electron chi connectivity index (χ0n) is 17.8. The summed E-state index contributed by atoms with van der Waals surface area (Å²) in [4.78, 5) is 27.9. The van der Waals surface area contributed by atoms with Gasteiger partial charge in [-0.15, -0.1) is 5.10 Å². The highest BCUT2D eigenvalue weighted by atomic mass is 32.2. The maximum atomic E-state index is 12.7. The van der Waals surface area contributed by atoms with E-state index in [2.05, 4.69) is 10.1 Å². The number of aromatic carboxylic acids is 1. The van der Waals surface area contributed by atoms with Crippen molar-refractivity contribution in [1.29, 1.82) is 0 Å². The van der Waals surface area contributed by atoms with Gasteiger partial charge in [-0.3, -0.25) is 4.79 Å². The quantitative estimate of drug-likeness (QED) is 0.392. The first-order valence-corrected chi connectivity index (χ1v) is 11.2. The van der Waals surface area contributed by atoms with E-state index in [9.17, 15) is 9.59 Å². The summed E-state index contributed by atoms with van der Waals surface area (Å²) in [5.41, 5.74) is 2.39. The molecule has 0 aliphatic heterocycles. The van der Waals surface area contributed by atoms with Gasteiger partial charge in [0.25, 0.3) is 0 Å². The normalized spacial score (nSPS) is 10.8. The third-order valence-electron chi connectivity index (χ3n) is 4.90. The second-order valence-corrected chi connectivity index (χ2v) is 8.18. The zero-order valence-corrected chi connectivity index (χ0v) is 18.6. The van der Waals surface area contributed by atoms with Gasteiger partial charge in [0.15, 0.2) is 11.3 Å². The average molecular weight is 460 g/mol. The Bertz CT molecular complexity index is 1250. The number of ether oxygens (including phenoxy) is 1. The van der Waals surface area contributed by atoms with Crippen LogP contribution in [0.4, 0.5) is 0 Å². The van der Waals surface area contributed by atoms with Gasteiger partial charge >= 0.3 is 17.4 Å². The number of hydrogen-bond acceptors (Lipinski definition) is 6. The van der Waals surface area contributed by atoms with Gasteiger partial charge in [0.2, 0.25) is 0 Å². The fraction of sp³-hybridized carbons (Fsp3) is 0.120. The van der Waals surface area contributed by atoms with E-state index < -0.39 is 17.6 Å². The lowest BCUT2D eigenvalue weighted by molar-refractivity contribution is 0.0697. The van der Waals surface area contributed by atoms with E-state index in [-0.39, 0.29) is 11.4 Å². The highest BCUT2D eigenvalue weighted by molar-refractivity contribution is 7.98. The van der Waals surface area contributed by atoms with Gasteiger partial charge in [-0.05, 0) is 28.8 Å². The Labute approximate surface area is 194 Å². The topological polar surface area (TPSA) is 94.3 Å². The van der Waals surface area contributed by atoms with Crippen LogP contribution < -0.4 is 10.3 Å². The van der Waals surface area contributed by atoms with Crippen LogP contribution in [-0.4, -0.2) is 25.8 Å². The first-order chi connectivity index (χ1) is 16.0. The van der Waals surface area contributed by atoms with E-state index in [4.69, 9.17) is 9.84 Å². The maximum Gasteiger partial charge on any atom is 0.336 e. The number of rotatable bonds is 8. The summed E-state index contributed by atoms with van der Waals surface area (Å²) in [5.74, 6) is -0.536. The minimum absolute atomic E-state index is 0.0784. The van der Waals surface area contributed by atoms with E-state index in [1.54, 1.807) is 31.3 Å². The minimum atomic E-state index is -0.970. The van der Waals surface area contributed by atoms with Crippen LogP contribution in [0.3, 0.4) is 0 Å². The second kappa shape index (κ2) is 10.1. The number of hydrogen-bond donors (Lipinski definition) is 1. The average Bonchev–Trinajstić information content (AvgIpc) is 2.84. The van der Waals surface area contributed by atoms with Crippen LogP contribution in [0.2, 0.25) is 0 Å². The molecule has 166 valence electrons. The Morgan fingerprint density at radius 2 is 1.55 bits per heavy atom. The molecule has 0 bridgehead atoms. The summed E-state index contributed by atoms with van der Waals surface area (Å²) in [6.07, 6.45) is -0.499. The molecule has 0 unspecified atom stereocenters. The molecule has 1 N–H and O–H groups in total. The van der Waals surface area contributed by atoms with Crippen molar-refractivity contribution in [1.82, 2.24) is 14.8 Å². The Morgan fingerprint density at radius 1 is 0.970 bits per heavy atom. The molecule has 8 heteroatoms. The fourth-order valence-electron chi connectivity index (χ4n) is 3.22. The van der Waals surface area contributed by atoms with Crippen molar-refractivity contribution in [3.05, 3.63) is 118 Å². The smallest absolute Gasteiger partial charge is 0.336 e.